The summed E-state index contributed by atoms with van der Waals surface area (Å²) in [4.78, 5) is 9.50. The summed E-state index contributed by atoms with van der Waals surface area (Å²) >= 11 is 1.43. The van der Waals surface area contributed by atoms with Gasteiger partial charge in [0.15, 0.2) is 0 Å². The lowest BCUT2D eigenvalue weighted by Gasteiger charge is -2.04. The van der Waals surface area contributed by atoms with Crippen LogP contribution in [0.2, 0.25) is 0 Å². The minimum atomic E-state index is -3.51. The van der Waals surface area contributed by atoms with E-state index in [9.17, 15) is 8.42 Å². The van der Waals surface area contributed by atoms with Crippen LogP contribution < -0.4 is 10.0 Å². The summed E-state index contributed by atoms with van der Waals surface area (Å²) < 4.78 is 26.9. The van der Waals surface area contributed by atoms with Gasteiger partial charge in [-0.05, 0) is 19.5 Å². The first-order valence-electron chi connectivity index (χ1n) is 6.56. The molecule has 6 nitrogen and oxygen atoms in total. The Balaban J connectivity index is 2.00. The zero-order chi connectivity index (χ0) is 15.3. The van der Waals surface area contributed by atoms with E-state index >= 15 is 0 Å². The summed E-state index contributed by atoms with van der Waals surface area (Å²) in [5.74, 6) is 0. The highest BCUT2D eigenvalue weighted by molar-refractivity contribution is 7.89. The molecule has 0 aliphatic carbocycles. The molecule has 0 radical (unpaired) electrons. The Hall–Kier alpha value is -1.35. The Morgan fingerprint density at radius 3 is 2.71 bits per heavy atom. The molecule has 0 aliphatic heterocycles. The van der Waals surface area contributed by atoms with E-state index in [1.54, 1.807) is 23.8 Å². The second kappa shape index (κ2) is 7.08. The summed E-state index contributed by atoms with van der Waals surface area (Å²) in [5.41, 5.74) is 1.39. The topological polar surface area (TPSA) is 84.0 Å². The van der Waals surface area contributed by atoms with E-state index in [4.69, 9.17) is 0 Å². The fourth-order valence-corrected chi connectivity index (χ4v) is 3.85. The van der Waals surface area contributed by atoms with E-state index in [-0.39, 0.29) is 6.54 Å². The molecular weight excluding hydrogens is 308 g/mol. The predicted molar refractivity (Wildman–Crippen MR) is 82.5 cm³/mol. The maximum absolute atomic E-state index is 12.2. The van der Waals surface area contributed by atoms with Crippen molar-refractivity contribution in [2.24, 2.45) is 0 Å². The molecule has 2 N–H and O–H groups in total. The van der Waals surface area contributed by atoms with Crippen LogP contribution in [0.25, 0.3) is 0 Å². The van der Waals surface area contributed by atoms with Gasteiger partial charge in [0.25, 0.3) is 0 Å². The van der Waals surface area contributed by atoms with Gasteiger partial charge in [-0.1, -0.05) is 6.92 Å². The molecule has 2 aromatic heterocycles. The van der Waals surface area contributed by atoms with Crippen LogP contribution in [0.4, 0.5) is 0 Å². The molecule has 0 unspecified atom stereocenters. The standard InChI is InChI=1S/C13H18N4O2S2/c1-3-14-8-12-4-13(9-20-12)21(18,19)17-7-11-6-15-10(2)5-16-11/h4-6,9,14,17H,3,7-8H2,1-2H3. The van der Waals surface area contributed by atoms with Crippen LogP contribution in [0.5, 0.6) is 0 Å². The van der Waals surface area contributed by atoms with Gasteiger partial charge in [-0.2, -0.15) is 0 Å². The highest BCUT2D eigenvalue weighted by Crippen LogP contribution is 2.19. The van der Waals surface area contributed by atoms with Crippen LogP contribution >= 0.6 is 11.3 Å². The highest BCUT2D eigenvalue weighted by atomic mass is 32.2. The molecule has 8 heteroatoms. The molecule has 2 heterocycles. The first kappa shape index (κ1) is 16.0. The largest absolute Gasteiger partial charge is 0.312 e. The van der Waals surface area contributed by atoms with Gasteiger partial charge in [-0.15, -0.1) is 11.3 Å². The first-order valence-corrected chi connectivity index (χ1v) is 8.93. The quantitative estimate of drug-likeness (QED) is 0.804. The van der Waals surface area contributed by atoms with Crippen molar-refractivity contribution in [3.8, 4) is 0 Å². The monoisotopic (exact) mass is 326 g/mol. The van der Waals surface area contributed by atoms with Crippen LogP contribution in [-0.4, -0.2) is 24.9 Å². The Morgan fingerprint density at radius 1 is 1.24 bits per heavy atom. The minimum absolute atomic E-state index is 0.133. The molecule has 0 spiro atoms. The zero-order valence-electron chi connectivity index (χ0n) is 12.0. The maximum atomic E-state index is 12.2. The normalized spacial score (nSPS) is 11.7. The average molecular weight is 326 g/mol. The van der Waals surface area contributed by atoms with Gasteiger partial charge in [-0.3, -0.25) is 9.97 Å². The fraction of sp³-hybridized carbons (Fsp3) is 0.385. The molecule has 114 valence electrons. The summed E-state index contributed by atoms with van der Waals surface area (Å²) in [6.45, 7) is 5.51. The van der Waals surface area contributed by atoms with E-state index in [1.807, 2.05) is 13.8 Å². The predicted octanol–water partition coefficient (Wildman–Crippen LogP) is 1.43. The van der Waals surface area contributed by atoms with E-state index < -0.39 is 10.0 Å². The van der Waals surface area contributed by atoms with Crippen molar-refractivity contribution < 1.29 is 8.42 Å². The molecule has 0 atom stereocenters. The van der Waals surface area contributed by atoms with Gasteiger partial charge < -0.3 is 5.32 Å². The zero-order valence-corrected chi connectivity index (χ0v) is 13.6. The molecule has 0 bridgehead atoms. The van der Waals surface area contributed by atoms with E-state index in [2.05, 4.69) is 20.0 Å². The Labute approximate surface area is 128 Å². The van der Waals surface area contributed by atoms with Gasteiger partial charge in [0.2, 0.25) is 10.0 Å². The van der Waals surface area contributed by atoms with Crippen LogP contribution in [0.1, 0.15) is 23.2 Å². The van der Waals surface area contributed by atoms with Gasteiger partial charge in [0.1, 0.15) is 0 Å². The smallest absolute Gasteiger partial charge is 0.241 e. The lowest BCUT2D eigenvalue weighted by Crippen LogP contribution is -2.23. The third-order valence-electron chi connectivity index (χ3n) is 2.77. The average Bonchev–Trinajstić information content (AvgIpc) is 2.94. The molecule has 0 saturated heterocycles. The highest BCUT2D eigenvalue weighted by Gasteiger charge is 2.16. The summed E-state index contributed by atoms with van der Waals surface area (Å²) in [7, 11) is -3.51. The van der Waals surface area contributed by atoms with Crippen LogP contribution in [0, 0.1) is 6.92 Å². The molecule has 0 aromatic carbocycles. The van der Waals surface area contributed by atoms with Crippen molar-refractivity contribution in [3.05, 3.63) is 40.1 Å². The van der Waals surface area contributed by atoms with Crippen LogP contribution in [0.3, 0.4) is 0 Å². The Kier molecular flexibility index (Phi) is 5.40. The van der Waals surface area contributed by atoms with Crippen molar-refractivity contribution >= 4 is 21.4 Å². The number of sulfonamides is 1. The molecule has 0 fully saturated rings. The number of aromatic nitrogens is 2. The van der Waals surface area contributed by atoms with Gasteiger partial charge >= 0.3 is 0 Å². The fourth-order valence-electron chi connectivity index (χ4n) is 1.61. The van der Waals surface area contributed by atoms with Gasteiger partial charge in [0, 0.05) is 23.0 Å². The number of hydrogen-bond donors (Lipinski definition) is 2. The van der Waals surface area contributed by atoms with Crippen molar-refractivity contribution in [1.82, 2.24) is 20.0 Å². The van der Waals surface area contributed by atoms with Crippen molar-refractivity contribution in [3.63, 3.8) is 0 Å². The number of nitrogens with one attached hydrogen (secondary N) is 2. The molecule has 2 aromatic rings. The lowest BCUT2D eigenvalue weighted by molar-refractivity contribution is 0.580. The number of rotatable bonds is 7. The number of thiophene rings is 1. The summed E-state index contributed by atoms with van der Waals surface area (Å²) in [6.07, 6.45) is 3.19. The summed E-state index contributed by atoms with van der Waals surface area (Å²) in [6, 6.07) is 1.69. The van der Waals surface area contributed by atoms with Gasteiger partial charge in [0.05, 0.1) is 29.0 Å². The molecule has 2 rings (SSSR count). The Bertz CT molecular complexity index is 680. The van der Waals surface area contributed by atoms with E-state index in [1.165, 1.54) is 11.3 Å². The van der Waals surface area contributed by atoms with Crippen molar-refractivity contribution in [2.45, 2.75) is 31.8 Å². The minimum Gasteiger partial charge on any atom is -0.312 e. The summed E-state index contributed by atoms with van der Waals surface area (Å²) in [5, 5.41) is 4.82. The molecule has 0 amide bonds. The maximum Gasteiger partial charge on any atom is 0.241 e. The van der Waals surface area contributed by atoms with Crippen molar-refractivity contribution in [1.29, 1.82) is 0 Å². The molecule has 0 aliphatic rings. The molecular formula is C13H18N4O2S2. The second-order valence-electron chi connectivity index (χ2n) is 4.50. The van der Waals surface area contributed by atoms with Crippen LogP contribution in [-0.2, 0) is 23.1 Å². The number of nitrogens with zero attached hydrogens (tertiary/aromatic N) is 2. The number of hydrogen-bond acceptors (Lipinski definition) is 6. The first-order chi connectivity index (χ1) is 10.0. The molecule has 21 heavy (non-hydrogen) atoms. The third kappa shape index (κ3) is 4.57. The second-order valence-corrected chi connectivity index (χ2v) is 7.27. The van der Waals surface area contributed by atoms with Crippen molar-refractivity contribution in [2.75, 3.05) is 6.54 Å². The van der Waals surface area contributed by atoms with Crippen LogP contribution in [0.15, 0.2) is 28.7 Å². The third-order valence-corrected chi connectivity index (χ3v) is 5.23. The van der Waals surface area contributed by atoms with Gasteiger partial charge in [-0.25, -0.2) is 13.1 Å². The number of aryl methyl sites for hydroxylation is 1. The lowest BCUT2D eigenvalue weighted by atomic mass is 10.4. The van der Waals surface area contributed by atoms with E-state index in [0.717, 1.165) is 17.1 Å². The molecule has 0 saturated carbocycles. The van der Waals surface area contributed by atoms with E-state index in [0.29, 0.717) is 17.1 Å². The Morgan fingerprint density at radius 2 is 2.05 bits per heavy atom. The SMILES string of the molecule is CCNCc1cc(S(=O)(=O)NCc2cnc(C)cn2)cs1.